The van der Waals surface area contributed by atoms with Gasteiger partial charge in [-0.05, 0) is 65.4 Å². The molecule has 0 saturated heterocycles. The molecule has 6 aromatic rings. The average Bonchev–Trinajstić information content (AvgIpc) is 3.58. The van der Waals surface area contributed by atoms with Crippen LogP contribution in [-0.4, -0.2) is 16.6 Å². The summed E-state index contributed by atoms with van der Waals surface area (Å²) in [5, 5.41) is 3.02. The molecule has 0 fully saturated rings. The molecule has 180 valence electrons. The lowest BCUT2D eigenvalue weighted by Crippen LogP contribution is -2.14. The van der Waals surface area contributed by atoms with Crippen molar-refractivity contribution in [1.82, 2.24) is 4.98 Å². The Morgan fingerprint density at radius 3 is 2.16 bits per heavy atom. The Hall–Kier alpha value is -4.04. The van der Waals surface area contributed by atoms with Gasteiger partial charge in [0.05, 0.1) is 16.2 Å². The van der Waals surface area contributed by atoms with Crippen LogP contribution in [0.2, 0.25) is 0 Å². The first-order chi connectivity index (χ1) is 18.6. The van der Waals surface area contributed by atoms with Crippen LogP contribution in [0, 0.1) is 0 Å². The molecule has 0 unspecified atom stereocenters. The highest BCUT2D eigenvalue weighted by atomic mass is 32.2. The molecule has 4 nitrogen and oxygen atoms in total. The zero-order valence-corrected chi connectivity index (χ0v) is 22.1. The van der Waals surface area contributed by atoms with E-state index in [1.165, 1.54) is 4.90 Å². The van der Waals surface area contributed by atoms with Crippen LogP contribution in [-0.2, 0) is 0 Å². The van der Waals surface area contributed by atoms with Crippen molar-refractivity contribution in [2.24, 2.45) is 0 Å². The number of thiophene rings is 2. The number of carbonyl (C=O) groups excluding carboxylic acids is 2. The molecule has 4 heterocycles. The number of rotatable bonds is 2. The summed E-state index contributed by atoms with van der Waals surface area (Å²) < 4.78 is 2.23. The molecule has 2 aliphatic rings. The quantitative estimate of drug-likeness (QED) is 0.161. The number of aromatic nitrogens is 1. The van der Waals surface area contributed by atoms with Gasteiger partial charge in [0.1, 0.15) is 5.00 Å². The summed E-state index contributed by atoms with van der Waals surface area (Å²) in [6.45, 7) is 0. The number of nitrogens with zero attached hydrogens (tertiary/aromatic N) is 2. The fraction of sp³-hybridized carbons (Fsp3) is 0. The lowest BCUT2D eigenvalue weighted by molar-refractivity contribution is 0.0990. The van der Waals surface area contributed by atoms with E-state index in [1.807, 2.05) is 48.7 Å². The molecule has 1 aliphatic heterocycles. The Bertz CT molecular complexity index is 1880. The SMILES string of the molecule is O=C1C(=Cc2cc3sc(N4c5ccccc5Sc5cccnc54)cc3s2)C(=O)c2cc3ccccc3cc21. The van der Waals surface area contributed by atoms with Gasteiger partial charge in [-0.2, -0.15) is 0 Å². The van der Waals surface area contributed by atoms with E-state index in [9.17, 15) is 9.59 Å². The number of Topliss-reactive ketones (excluding diaryl/α,β-unsaturated/α-hetero) is 2. The maximum Gasteiger partial charge on any atom is 0.197 e. The molecule has 0 N–H and O–H groups in total. The minimum Gasteiger partial charge on any atom is -0.288 e. The van der Waals surface area contributed by atoms with Gasteiger partial charge in [-0.25, -0.2) is 4.98 Å². The van der Waals surface area contributed by atoms with E-state index in [2.05, 4.69) is 47.4 Å². The van der Waals surface area contributed by atoms with Crippen molar-refractivity contribution >= 4 is 88.8 Å². The normalized spacial score (nSPS) is 14.2. The standard InChI is InChI=1S/C31H16N2O2S3/c34-29-20-12-17-6-1-2-7-18(17)13-21(20)30(35)22(29)14-19-15-26-27(36-19)16-28(38-26)33-23-8-3-4-9-24(23)37-25-10-5-11-32-31(25)33/h1-16H. The van der Waals surface area contributed by atoms with Crippen molar-refractivity contribution in [2.75, 3.05) is 4.90 Å². The van der Waals surface area contributed by atoms with Crippen LogP contribution in [0.1, 0.15) is 25.6 Å². The summed E-state index contributed by atoms with van der Waals surface area (Å²) in [7, 11) is 0. The first-order valence-electron chi connectivity index (χ1n) is 12.0. The van der Waals surface area contributed by atoms with Gasteiger partial charge in [0, 0.05) is 36.5 Å². The summed E-state index contributed by atoms with van der Waals surface area (Å²) in [5.74, 6) is 0.538. The number of pyridine rings is 1. The summed E-state index contributed by atoms with van der Waals surface area (Å²) in [4.78, 5) is 36.6. The number of carbonyl (C=O) groups is 2. The summed E-state index contributed by atoms with van der Waals surface area (Å²) in [5.41, 5.74) is 2.35. The lowest BCUT2D eigenvalue weighted by Gasteiger charge is -2.30. The van der Waals surface area contributed by atoms with E-state index < -0.39 is 0 Å². The van der Waals surface area contributed by atoms with Crippen LogP contribution in [0.3, 0.4) is 0 Å². The third-order valence-corrected chi connectivity index (χ3v) is 10.2. The molecule has 0 radical (unpaired) electrons. The van der Waals surface area contributed by atoms with Gasteiger partial charge in [0.15, 0.2) is 17.4 Å². The van der Waals surface area contributed by atoms with E-state index >= 15 is 0 Å². The highest BCUT2D eigenvalue weighted by Gasteiger charge is 2.34. The van der Waals surface area contributed by atoms with Gasteiger partial charge in [-0.15, -0.1) is 22.7 Å². The summed E-state index contributed by atoms with van der Waals surface area (Å²) >= 11 is 5.02. The molecule has 7 heteroatoms. The number of ketones is 2. The van der Waals surface area contributed by atoms with Gasteiger partial charge in [0.25, 0.3) is 0 Å². The predicted octanol–water partition coefficient (Wildman–Crippen LogP) is 8.91. The molecule has 0 amide bonds. The third-order valence-electron chi connectivity index (χ3n) is 6.87. The number of hydrogen-bond acceptors (Lipinski definition) is 7. The first-order valence-corrected chi connectivity index (χ1v) is 14.5. The maximum atomic E-state index is 13.2. The Morgan fingerprint density at radius 2 is 1.39 bits per heavy atom. The van der Waals surface area contributed by atoms with Crippen molar-refractivity contribution in [3.8, 4) is 0 Å². The van der Waals surface area contributed by atoms with E-state index in [-0.39, 0.29) is 17.1 Å². The molecule has 3 aromatic heterocycles. The fourth-order valence-electron chi connectivity index (χ4n) is 5.12. The number of fused-ring (bicyclic) bond motifs is 5. The molecule has 0 bridgehead atoms. The van der Waals surface area contributed by atoms with Gasteiger partial charge in [-0.3, -0.25) is 14.5 Å². The number of allylic oxidation sites excluding steroid dienone is 1. The molecule has 0 saturated carbocycles. The first kappa shape index (κ1) is 22.0. The second-order valence-electron chi connectivity index (χ2n) is 9.15. The highest BCUT2D eigenvalue weighted by Crippen LogP contribution is 2.53. The fourth-order valence-corrected chi connectivity index (χ4v) is 8.51. The third kappa shape index (κ3) is 3.26. The van der Waals surface area contributed by atoms with Gasteiger partial charge in [-0.1, -0.05) is 48.2 Å². The van der Waals surface area contributed by atoms with Crippen molar-refractivity contribution in [3.05, 3.63) is 113 Å². The zero-order valence-electron chi connectivity index (χ0n) is 19.7. The number of hydrogen-bond donors (Lipinski definition) is 0. The lowest BCUT2D eigenvalue weighted by atomic mass is 10.0. The van der Waals surface area contributed by atoms with E-state index in [1.54, 1.807) is 40.5 Å². The van der Waals surface area contributed by atoms with E-state index in [0.29, 0.717) is 11.1 Å². The van der Waals surface area contributed by atoms with Gasteiger partial charge < -0.3 is 0 Å². The van der Waals surface area contributed by atoms with Crippen LogP contribution in [0.5, 0.6) is 0 Å². The van der Waals surface area contributed by atoms with Crippen molar-refractivity contribution in [1.29, 1.82) is 0 Å². The van der Waals surface area contributed by atoms with E-state index in [0.717, 1.165) is 46.5 Å². The average molecular weight is 545 g/mol. The second-order valence-corrected chi connectivity index (χ2v) is 12.4. The zero-order chi connectivity index (χ0) is 25.4. The highest BCUT2D eigenvalue weighted by molar-refractivity contribution is 7.99. The Morgan fingerprint density at radius 1 is 0.711 bits per heavy atom. The van der Waals surface area contributed by atoms with Crippen LogP contribution in [0.4, 0.5) is 16.5 Å². The molecule has 8 rings (SSSR count). The summed E-state index contributed by atoms with van der Waals surface area (Å²) in [6.07, 6.45) is 3.59. The second kappa shape index (κ2) is 8.23. The van der Waals surface area contributed by atoms with Crippen molar-refractivity contribution in [3.63, 3.8) is 0 Å². The minimum atomic E-state index is -0.196. The Labute approximate surface area is 229 Å². The topological polar surface area (TPSA) is 50.3 Å². The number of anilines is 3. The van der Waals surface area contributed by atoms with Crippen LogP contribution in [0.15, 0.2) is 106 Å². The monoisotopic (exact) mass is 544 g/mol. The molecular formula is C31H16N2O2S3. The molecule has 38 heavy (non-hydrogen) atoms. The molecule has 0 atom stereocenters. The number of para-hydroxylation sites is 1. The maximum absolute atomic E-state index is 13.2. The van der Waals surface area contributed by atoms with Crippen molar-refractivity contribution in [2.45, 2.75) is 9.79 Å². The van der Waals surface area contributed by atoms with Crippen LogP contribution >= 0.6 is 34.4 Å². The number of benzene rings is 3. The Balaban J connectivity index is 1.18. The molecule has 3 aromatic carbocycles. The smallest absolute Gasteiger partial charge is 0.197 e. The summed E-state index contributed by atoms with van der Waals surface area (Å²) in [6, 6.07) is 28.2. The van der Waals surface area contributed by atoms with E-state index in [4.69, 9.17) is 4.98 Å². The van der Waals surface area contributed by atoms with Crippen LogP contribution < -0.4 is 4.90 Å². The largest absolute Gasteiger partial charge is 0.288 e. The van der Waals surface area contributed by atoms with Crippen LogP contribution in [0.25, 0.3) is 26.2 Å². The van der Waals surface area contributed by atoms with Gasteiger partial charge >= 0.3 is 0 Å². The van der Waals surface area contributed by atoms with Gasteiger partial charge in [0.2, 0.25) is 0 Å². The molecular weight excluding hydrogens is 529 g/mol. The van der Waals surface area contributed by atoms with Crippen molar-refractivity contribution < 1.29 is 9.59 Å². The minimum absolute atomic E-state index is 0.196. The molecule has 1 aliphatic carbocycles. The Kier molecular flexibility index (Phi) is 4.76. The predicted molar refractivity (Wildman–Crippen MR) is 157 cm³/mol. The molecule has 0 spiro atoms.